The molecule has 1 rings (SSSR count). The Hall–Kier alpha value is -1.31. The van der Waals surface area contributed by atoms with Crippen LogP contribution >= 0.6 is 0 Å². The minimum atomic E-state index is 0.234. The zero-order valence-corrected chi connectivity index (χ0v) is 11.2. The normalized spacial score (nSPS) is 10.3. The quantitative estimate of drug-likeness (QED) is 0.666. The van der Waals surface area contributed by atoms with Crippen LogP contribution in [0.5, 0.6) is 0 Å². The van der Waals surface area contributed by atoms with E-state index < -0.39 is 0 Å². The molecule has 0 N–H and O–H groups in total. The van der Waals surface area contributed by atoms with Gasteiger partial charge in [0.2, 0.25) is 0 Å². The van der Waals surface area contributed by atoms with Gasteiger partial charge in [0.05, 0.1) is 0 Å². The van der Waals surface area contributed by atoms with E-state index in [2.05, 4.69) is 24.8 Å². The summed E-state index contributed by atoms with van der Waals surface area (Å²) in [5.74, 6) is 0.234. The molecule has 0 radical (unpaired) electrons. The van der Waals surface area contributed by atoms with E-state index in [1.54, 1.807) is 0 Å². The average Bonchev–Trinajstić information content (AvgIpc) is 2.37. The predicted octanol–water partition coefficient (Wildman–Crippen LogP) is 3.91. The molecule has 0 heterocycles. The van der Waals surface area contributed by atoms with Crippen LogP contribution in [0.25, 0.3) is 0 Å². The number of hydrogen-bond acceptors (Lipinski definition) is 2. The van der Waals surface area contributed by atoms with Crippen molar-refractivity contribution in [2.24, 2.45) is 0 Å². The molecule has 17 heavy (non-hydrogen) atoms. The highest BCUT2D eigenvalue weighted by Crippen LogP contribution is 2.22. The molecule has 0 aliphatic heterocycles. The van der Waals surface area contributed by atoms with E-state index in [1.165, 1.54) is 0 Å². The Morgan fingerprint density at radius 3 is 2.18 bits per heavy atom. The second-order valence-corrected chi connectivity index (χ2v) is 4.28. The third-order valence-corrected chi connectivity index (χ3v) is 2.85. The summed E-state index contributed by atoms with van der Waals surface area (Å²) >= 11 is 0. The van der Waals surface area contributed by atoms with E-state index in [0.29, 0.717) is 6.42 Å². The summed E-state index contributed by atoms with van der Waals surface area (Å²) in [4.78, 5) is 14.2. The molecule has 0 bridgehead atoms. The van der Waals surface area contributed by atoms with E-state index in [1.807, 2.05) is 25.1 Å². The zero-order valence-electron chi connectivity index (χ0n) is 11.2. The Bertz CT molecular complexity index is 354. The van der Waals surface area contributed by atoms with Gasteiger partial charge in [-0.05, 0) is 25.0 Å². The highest BCUT2D eigenvalue weighted by Gasteiger charge is 2.13. The molecule has 1 aromatic carbocycles. The largest absolute Gasteiger partial charge is 0.371 e. The Balaban J connectivity index is 3.04. The van der Waals surface area contributed by atoms with Crippen molar-refractivity contribution >= 4 is 11.5 Å². The lowest BCUT2D eigenvalue weighted by atomic mass is 10.1. The summed E-state index contributed by atoms with van der Waals surface area (Å²) in [6, 6.07) is 7.97. The first-order valence-corrected chi connectivity index (χ1v) is 6.61. The van der Waals surface area contributed by atoms with Gasteiger partial charge in [-0.3, -0.25) is 4.79 Å². The van der Waals surface area contributed by atoms with Gasteiger partial charge in [-0.1, -0.05) is 32.9 Å². The lowest BCUT2D eigenvalue weighted by molar-refractivity contribution is 0.0988. The number of ketones is 1. The van der Waals surface area contributed by atoms with Gasteiger partial charge in [0.15, 0.2) is 5.78 Å². The molecule has 0 saturated heterocycles. The Morgan fingerprint density at radius 2 is 1.65 bits per heavy atom. The Labute approximate surface area is 105 Å². The van der Waals surface area contributed by atoms with Crippen LogP contribution in [0.4, 0.5) is 5.69 Å². The number of hydrogen-bond donors (Lipinski definition) is 0. The summed E-state index contributed by atoms with van der Waals surface area (Å²) in [7, 11) is 0. The maximum Gasteiger partial charge on any atom is 0.164 e. The molecular formula is C15H23NO. The van der Waals surface area contributed by atoms with Crippen LogP contribution in [0.2, 0.25) is 0 Å². The maximum absolute atomic E-state index is 11.9. The second kappa shape index (κ2) is 7.10. The molecule has 2 heteroatoms. The number of anilines is 1. The molecule has 94 valence electrons. The van der Waals surface area contributed by atoms with Gasteiger partial charge in [-0.25, -0.2) is 0 Å². The number of benzene rings is 1. The van der Waals surface area contributed by atoms with Crippen molar-refractivity contribution < 1.29 is 4.79 Å². The van der Waals surface area contributed by atoms with Crippen LogP contribution in [-0.4, -0.2) is 18.9 Å². The molecule has 0 fully saturated rings. The standard InChI is InChI=1S/C15H23NO/c1-4-11-16(12-5-2)14-10-8-7-9-13(14)15(17)6-3/h7-10H,4-6,11-12H2,1-3H3. The van der Waals surface area contributed by atoms with Crippen molar-refractivity contribution in [2.45, 2.75) is 40.0 Å². The highest BCUT2D eigenvalue weighted by atomic mass is 16.1. The number of nitrogens with zero attached hydrogens (tertiary/aromatic N) is 1. The summed E-state index contributed by atoms with van der Waals surface area (Å²) in [5, 5.41) is 0. The average molecular weight is 233 g/mol. The van der Waals surface area contributed by atoms with Crippen LogP contribution < -0.4 is 4.90 Å². The lowest BCUT2D eigenvalue weighted by Gasteiger charge is -2.25. The molecule has 0 aromatic heterocycles. The number of carbonyl (C=O) groups is 1. The molecule has 0 saturated carbocycles. The van der Waals surface area contributed by atoms with E-state index in [4.69, 9.17) is 0 Å². The number of rotatable bonds is 7. The fraction of sp³-hybridized carbons (Fsp3) is 0.533. The van der Waals surface area contributed by atoms with Crippen molar-refractivity contribution in [1.29, 1.82) is 0 Å². The van der Waals surface area contributed by atoms with Crippen molar-refractivity contribution in [1.82, 2.24) is 0 Å². The molecule has 0 spiro atoms. The molecule has 2 nitrogen and oxygen atoms in total. The molecular weight excluding hydrogens is 210 g/mol. The maximum atomic E-state index is 11.9. The first-order valence-electron chi connectivity index (χ1n) is 6.61. The van der Waals surface area contributed by atoms with Gasteiger partial charge in [-0.2, -0.15) is 0 Å². The summed E-state index contributed by atoms with van der Waals surface area (Å²) in [5.41, 5.74) is 1.97. The molecule has 0 aliphatic rings. The van der Waals surface area contributed by atoms with E-state index in [0.717, 1.165) is 37.2 Å². The van der Waals surface area contributed by atoms with E-state index >= 15 is 0 Å². The van der Waals surface area contributed by atoms with Gasteiger partial charge < -0.3 is 4.90 Å². The SMILES string of the molecule is CCCN(CCC)c1ccccc1C(=O)CC. The summed E-state index contributed by atoms with van der Waals surface area (Å²) in [6.07, 6.45) is 2.78. The van der Waals surface area contributed by atoms with Crippen LogP contribution in [0.3, 0.4) is 0 Å². The molecule has 0 aliphatic carbocycles. The van der Waals surface area contributed by atoms with E-state index in [-0.39, 0.29) is 5.78 Å². The van der Waals surface area contributed by atoms with Gasteiger partial charge >= 0.3 is 0 Å². The van der Waals surface area contributed by atoms with Gasteiger partial charge in [-0.15, -0.1) is 0 Å². The van der Waals surface area contributed by atoms with Crippen molar-refractivity contribution in [3.8, 4) is 0 Å². The van der Waals surface area contributed by atoms with Crippen molar-refractivity contribution in [3.63, 3.8) is 0 Å². The zero-order chi connectivity index (χ0) is 12.7. The Morgan fingerprint density at radius 1 is 1.06 bits per heavy atom. The number of para-hydroxylation sites is 1. The third kappa shape index (κ3) is 3.58. The monoisotopic (exact) mass is 233 g/mol. The molecule has 0 atom stereocenters. The van der Waals surface area contributed by atoms with Crippen LogP contribution in [0.1, 0.15) is 50.4 Å². The molecule has 1 aromatic rings. The van der Waals surface area contributed by atoms with Crippen LogP contribution in [-0.2, 0) is 0 Å². The van der Waals surface area contributed by atoms with Crippen LogP contribution in [0.15, 0.2) is 24.3 Å². The van der Waals surface area contributed by atoms with Crippen molar-refractivity contribution in [2.75, 3.05) is 18.0 Å². The first-order chi connectivity index (χ1) is 8.24. The topological polar surface area (TPSA) is 20.3 Å². The highest BCUT2D eigenvalue weighted by molar-refractivity contribution is 6.01. The Kier molecular flexibility index (Phi) is 5.75. The third-order valence-electron chi connectivity index (χ3n) is 2.85. The minimum Gasteiger partial charge on any atom is -0.371 e. The molecule has 0 unspecified atom stereocenters. The van der Waals surface area contributed by atoms with E-state index in [9.17, 15) is 4.79 Å². The second-order valence-electron chi connectivity index (χ2n) is 4.28. The smallest absolute Gasteiger partial charge is 0.164 e. The summed E-state index contributed by atoms with van der Waals surface area (Å²) < 4.78 is 0. The van der Waals surface area contributed by atoms with Crippen LogP contribution in [0, 0.1) is 0 Å². The van der Waals surface area contributed by atoms with Gasteiger partial charge in [0.25, 0.3) is 0 Å². The van der Waals surface area contributed by atoms with Gasteiger partial charge in [0, 0.05) is 30.8 Å². The fourth-order valence-electron chi connectivity index (χ4n) is 2.07. The van der Waals surface area contributed by atoms with Gasteiger partial charge in [0.1, 0.15) is 0 Å². The fourth-order valence-corrected chi connectivity index (χ4v) is 2.07. The first kappa shape index (κ1) is 13.8. The number of Topliss-reactive ketones (excluding diaryl/α,β-unsaturated/α-hetero) is 1. The molecule has 0 amide bonds. The number of carbonyl (C=O) groups excluding carboxylic acids is 1. The van der Waals surface area contributed by atoms with Crippen molar-refractivity contribution in [3.05, 3.63) is 29.8 Å². The summed E-state index contributed by atoms with van der Waals surface area (Å²) in [6.45, 7) is 8.30. The lowest BCUT2D eigenvalue weighted by Crippen LogP contribution is -2.26. The minimum absolute atomic E-state index is 0.234. The predicted molar refractivity (Wildman–Crippen MR) is 73.9 cm³/mol.